The highest BCUT2D eigenvalue weighted by Crippen LogP contribution is 2.25. The smallest absolute Gasteiger partial charge is 0.161 e. The Bertz CT molecular complexity index is 555. The maximum absolute atomic E-state index is 5.94. The molecule has 2 rings (SSSR count). The second-order valence-electron chi connectivity index (χ2n) is 3.70. The van der Waals surface area contributed by atoms with Crippen LogP contribution in [0.15, 0.2) is 24.3 Å². The van der Waals surface area contributed by atoms with Crippen molar-refractivity contribution in [2.24, 2.45) is 0 Å². The molecule has 0 aliphatic heterocycles. The third-order valence-electron chi connectivity index (χ3n) is 2.21. The molecule has 1 aromatic carbocycles. The summed E-state index contributed by atoms with van der Waals surface area (Å²) in [6.07, 6.45) is 0. The first-order valence-corrected chi connectivity index (χ1v) is 5.93. The lowest BCUT2D eigenvalue weighted by atomic mass is 10.2. The summed E-state index contributed by atoms with van der Waals surface area (Å²) in [6, 6.07) is 6.78. The van der Waals surface area contributed by atoms with Gasteiger partial charge in [-0.1, -0.05) is 23.2 Å². The molecule has 2 N–H and O–H groups in total. The quantitative estimate of drug-likeness (QED) is 0.940. The van der Waals surface area contributed by atoms with Crippen molar-refractivity contribution in [2.45, 2.75) is 6.61 Å². The molecule has 18 heavy (non-hydrogen) atoms. The summed E-state index contributed by atoms with van der Waals surface area (Å²) < 4.78 is 5.02. The van der Waals surface area contributed by atoms with Crippen LogP contribution in [-0.4, -0.2) is 17.1 Å². The molecule has 0 atom stereocenters. The predicted octanol–water partition coefficient (Wildman–Crippen LogP) is 3.18. The van der Waals surface area contributed by atoms with Crippen LogP contribution in [0.2, 0.25) is 10.0 Å². The van der Waals surface area contributed by atoms with E-state index in [-0.39, 0.29) is 0 Å². The molecule has 0 saturated carbocycles. The van der Waals surface area contributed by atoms with Gasteiger partial charge in [-0.2, -0.15) is 0 Å². The highest BCUT2D eigenvalue weighted by molar-refractivity contribution is 6.35. The number of anilines is 1. The van der Waals surface area contributed by atoms with Gasteiger partial charge in [0.05, 0.1) is 12.3 Å². The van der Waals surface area contributed by atoms with Gasteiger partial charge in [0.1, 0.15) is 5.82 Å². The van der Waals surface area contributed by atoms with E-state index in [0.717, 1.165) is 5.56 Å². The van der Waals surface area contributed by atoms with Crippen LogP contribution in [0.4, 0.5) is 5.82 Å². The van der Waals surface area contributed by atoms with E-state index in [0.29, 0.717) is 34.0 Å². The molecule has 2 aromatic rings. The summed E-state index contributed by atoms with van der Waals surface area (Å²) in [5, 5.41) is 1.05. The van der Waals surface area contributed by atoms with Crippen molar-refractivity contribution in [1.82, 2.24) is 9.97 Å². The molecule has 0 radical (unpaired) electrons. The summed E-state index contributed by atoms with van der Waals surface area (Å²) in [6.45, 7) is 0.369. The standard InChI is InChI=1S/C12H11Cl2N3O/c1-18-6-10-5-11(15)17-12(16-10)7-2-8(13)4-9(14)3-7/h2-5H,6H2,1H3,(H2,15,16,17). The Balaban J connectivity index is 2.49. The van der Waals surface area contributed by atoms with Gasteiger partial charge >= 0.3 is 0 Å². The monoisotopic (exact) mass is 283 g/mol. The Hall–Kier alpha value is -1.36. The molecule has 6 heteroatoms. The Morgan fingerprint density at radius 2 is 1.78 bits per heavy atom. The molecule has 0 aliphatic rings. The molecule has 0 unspecified atom stereocenters. The van der Waals surface area contributed by atoms with Gasteiger partial charge in [-0.3, -0.25) is 0 Å². The average Bonchev–Trinajstić information content (AvgIpc) is 2.27. The van der Waals surface area contributed by atoms with Gasteiger partial charge in [-0.15, -0.1) is 0 Å². The summed E-state index contributed by atoms with van der Waals surface area (Å²) in [7, 11) is 1.59. The van der Waals surface area contributed by atoms with Gasteiger partial charge in [0, 0.05) is 28.8 Å². The van der Waals surface area contributed by atoms with E-state index in [4.69, 9.17) is 33.7 Å². The first-order valence-electron chi connectivity index (χ1n) is 5.17. The molecule has 0 amide bonds. The number of hydrogen-bond acceptors (Lipinski definition) is 4. The molecule has 0 spiro atoms. The van der Waals surface area contributed by atoms with E-state index in [1.807, 2.05) is 0 Å². The molecule has 0 bridgehead atoms. The van der Waals surface area contributed by atoms with Gasteiger partial charge in [-0.05, 0) is 18.2 Å². The van der Waals surface area contributed by atoms with E-state index in [1.54, 1.807) is 31.4 Å². The number of aromatic nitrogens is 2. The van der Waals surface area contributed by atoms with Crippen LogP contribution in [0.1, 0.15) is 5.69 Å². The van der Waals surface area contributed by atoms with Crippen molar-refractivity contribution in [2.75, 3.05) is 12.8 Å². The molecule has 0 aliphatic carbocycles. The third kappa shape index (κ3) is 3.10. The Morgan fingerprint density at radius 1 is 1.11 bits per heavy atom. The van der Waals surface area contributed by atoms with Crippen LogP contribution in [0.25, 0.3) is 11.4 Å². The number of ether oxygens (including phenoxy) is 1. The maximum atomic E-state index is 5.94. The topological polar surface area (TPSA) is 61.0 Å². The van der Waals surface area contributed by atoms with Crippen LogP contribution in [-0.2, 0) is 11.3 Å². The Morgan fingerprint density at radius 3 is 2.39 bits per heavy atom. The summed E-state index contributed by atoms with van der Waals surface area (Å²) >= 11 is 11.9. The molecule has 1 aromatic heterocycles. The zero-order chi connectivity index (χ0) is 13.1. The van der Waals surface area contributed by atoms with E-state index in [1.165, 1.54) is 0 Å². The number of benzene rings is 1. The zero-order valence-electron chi connectivity index (χ0n) is 9.65. The molecule has 1 heterocycles. The molecule has 94 valence electrons. The van der Waals surface area contributed by atoms with Crippen LogP contribution < -0.4 is 5.73 Å². The van der Waals surface area contributed by atoms with E-state index in [9.17, 15) is 0 Å². The van der Waals surface area contributed by atoms with Crippen LogP contribution in [0.5, 0.6) is 0 Å². The Labute approximate surface area is 115 Å². The number of rotatable bonds is 3. The summed E-state index contributed by atoms with van der Waals surface area (Å²) in [5.74, 6) is 0.856. The molecular formula is C12H11Cl2N3O. The van der Waals surface area contributed by atoms with Gasteiger partial charge in [-0.25, -0.2) is 9.97 Å². The van der Waals surface area contributed by atoms with Crippen LogP contribution in [0, 0.1) is 0 Å². The lowest BCUT2D eigenvalue weighted by molar-refractivity contribution is 0.181. The van der Waals surface area contributed by atoms with Gasteiger partial charge in [0.15, 0.2) is 5.82 Å². The van der Waals surface area contributed by atoms with E-state index >= 15 is 0 Å². The van der Waals surface area contributed by atoms with Gasteiger partial charge < -0.3 is 10.5 Å². The zero-order valence-corrected chi connectivity index (χ0v) is 11.2. The minimum atomic E-state index is 0.369. The Kier molecular flexibility index (Phi) is 4.01. The van der Waals surface area contributed by atoms with Crippen LogP contribution >= 0.6 is 23.2 Å². The van der Waals surface area contributed by atoms with E-state index < -0.39 is 0 Å². The minimum Gasteiger partial charge on any atom is -0.384 e. The van der Waals surface area contributed by atoms with Crippen molar-refractivity contribution in [3.63, 3.8) is 0 Å². The summed E-state index contributed by atoms with van der Waals surface area (Å²) in [4.78, 5) is 8.50. The largest absolute Gasteiger partial charge is 0.384 e. The fraction of sp³-hybridized carbons (Fsp3) is 0.167. The SMILES string of the molecule is COCc1cc(N)nc(-c2cc(Cl)cc(Cl)c2)n1. The molecule has 4 nitrogen and oxygen atoms in total. The number of nitrogens with two attached hydrogens (primary N) is 1. The van der Waals surface area contributed by atoms with Gasteiger partial charge in [0.25, 0.3) is 0 Å². The highest BCUT2D eigenvalue weighted by Gasteiger charge is 2.07. The fourth-order valence-corrected chi connectivity index (χ4v) is 2.08. The lowest BCUT2D eigenvalue weighted by Gasteiger charge is -2.06. The van der Waals surface area contributed by atoms with E-state index in [2.05, 4.69) is 9.97 Å². The van der Waals surface area contributed by atoms with Crippen LogP contribution in [0.3, 0.4) is 0 Å². The summed E-state index contributed by atoms with van der Waals surface area (Å²) in [5.41, 5.74) is 7.15. The predicted molar refractivity (Wildman–Crippen MR) is 72.6 cm³/mol. The number of halogens is 2. The molecular weight excluding hydrogens is 273 g/mol. The second-order valence-corrected chi connectivity index (χ2v) is 4.57. The van der Waals surface area contributed by atoms with Crippen molar-refractivity contribution in [1.29, 1.82) is 0 Å². The molecule has 0 fully saturated rings. The maximum Gasteiger partial charge on any atom is 0.161 e. The first-order chi connectivity index (χ1) is 8.58. The average molecular weight is 284 g/mol. The lowest BCUT2D eigenvalue weighted by Crippen LogP contribution is -2.01. The van der Waals surface area contributed by atoms with Crippen molar-refractivity contribution >= 4 is 29.0 Å². The second kappa shape index (κ2) is 5.52. The minimum absolute atomic E-state index is 0.369. The number of methoxy groups -OCH3 is 1. The normalized spacial score (nSPS) is 10.6. The highest BCUT2D eigenvalue weighted by atomic mass is 35.5. The van der Waals surface area contributed by atoms with Crippen molar-refractivity contribution in [3.05, 3.63) is 40.0 Å². The number of hydrogen-bond donors (Lipinski definition) is 1. The molecule has 0 saturated heterocycles. The number of nitrogens with zero attached hydrogens (tertiary/aromatic N) is 2. The van der Waals surface area contributed by atoms with Crippen molar-refractivity contribution in [3.8, 4) is 11.4 Å². The third-order valence-corrected chi connectivity index (χ3v) is 2.65. The first kappa shape index (κ1) is 13.1. The van der Waals surface area contributed by atoms with Gasteiger partial charge in [0.2, 0.25) is 0 Å². The van der Waals surface area contributed by atoms with Crippen molar-refractivity contribution < 1.29 is 4.74 Å². The number of nitrogen functional groups attached to an aromatic ring is 1. The fourth-order valence-electron chi connectivity index (χ4n) is 1.55.